The lowest BCUT2D eigenvalue weighted by molar-refractivity contribution is 0.0154. The molecule has 0 atom stereocenters. The molecule has 0 spiro atoms. The average molecular weight is 211 g/mol. The molecule has 1 aliphatic carbocycles. The quantitative estimate of drug-likeness (QED) is 0.765. The van der Waals surface area contributed by atoms with Crippen LogP contribution in [0.2, 0.25) is 0 Å². The second kappa shape index (κ2) is 4.89. The topological polar surface area (TPSA) is 22.1 Å². The van der Waals surface area contributed by atoms with E-state index >= 15 is 0 Å². The van der Waals surface area contributed by atoms with Gasteiger partial charge in [-0.3, -0.25) is 0 Å². The van der Waals surface area contributed by atoms with Gasteiger partial charge in [-0.15, -0.1) is 11.3 Å². The second-order valence-corrected chi connectivity index (χ2v) is 4.99. The molecule has 0 radical (unpaired) electrons. The van der Waals surface area contributed by atoms with Crippen molar-refractivity contribution in [1.29, 1.82) is 0 Å². The molecule has 78 valence electrons. The number of ether oxygens (including phenoxy) is 1. The molecule has 1 aromatic rings. The Kier molecular flexibility index (Phi) is 3.54. The normalized spacial score (nSPS) is 18.6. The van der Waals surface area contributed by atoms with Crippen LogP contribution in [0.5, 0.6) is 0 Å². The van der Waals surface area contributed by atoms with Crippen LogP contribution in [0, 0.1) is 6.92 Å². The maximum atomic E-state index is 5.83. The summed E-state index contributed by atoms with van der Waals surface area (Å²) in [6.45, 7) is 2.74. The van der Waals surface area contributed by atoms with Crippen molar-refractivity contribution in [1.82, 2.24) is 4.98 Å². The molecular formula is C11H17NOS. The van der Waals surface area contributed by atoms with Crippen molar-refractivity contribution < 1.29 is 4.74 Å². The summed E-state index contributed by atoms with van der Waals surface area (Å²) in [5.41, 5.74) is 1.10. The number of hydrogen-bond acceptors (Lipinski definition) is 3. The first-order valence-corrected chi connectivity index (χ1v) is 6.25. The molecular weight excluding hydrogens is 194 g/mol. The monoisotopic (exact) mass is 211 g/mol. The van der Waals surface area contributed by atoms with E-state index in [1.165, 1.54) is 32.1 Å². The summed E-state index contributed by atoms with van der Waals surface area (Å²) in [4.78, 5) is 4.39. The number of hydrogen-bond donors (Lipinski definition) is 0. The van der Waals surface area contributed by atoms with Crippen LogP contribution in [-0.2, 0) is 11.3 Å². The largest absolute Gasteiger partial charge is 0.372 e. The van der Waals surface area contributed by atoms with E-state index < -0.39 is 0 Å². The highest BCUT2D eigenvalue weighted by Gasteiger charge is 2.13. The molecule has 3 heteroatoms. The molecule has 2 rings (SSSR count). The van der Waals surface area contributed by atoms with E-state index in [0.717, 1.165) is 10.7 Å². The van der Waals surface area contributed by atoms with Crippen LogP contribution in [0.4, 0.5) is 0 Å². The molecule has 1 aromatic heterocycles. The highest BCUT2D eigenvalue weighted by Crippen LogP contribution is 2.21. The maximum absolute atomic E-state index is 5.83. The Morgan fingerprint density at radius 2 is 2.21 bits per heavy atom. The summed E-state index contributed by atoms with van der Waals surface area (Å²) >= 11 is 1.70. The zero-order valence-corrected chi connectivity index (χ0v) is 9.48. The predicted molar refractivity (Wildman–Crippen MR) is 58.5 cm³/mol. The Hall–Kier alpha value is -0.410. The summed E-state index contributed by atoms with van der Waals surface area (Å²) < 4.78 is 5.83. The van der Waals surface area contributed by atoms with Crippen molar-refractivity contribution in [3.8, 4) is 0 Å². The third-order valence-corrected chi connectivity index (χ3v) is 3.51. The summed E-state index contributed by atoms with van der Waals surface area (Å²) in [5, 5.41) is 3.23. The number of nitrogens with zero attached hydrogens (tertiary/aromatic N) is 1. The van der Waals surface area contributed by atoms with Crippen LogP contribution < -0.4 is 0 Å². The maximum Gasteiger partial charge on any atom is 0.0900 e. The van der Waals surface area contributed by atoms with Gasteiger partial charge in [0.15, 0.2) is 0 Å². The van der Waals surface area contributed by atoms with Gasteiger partial charge in [-0.25, -0.2) is 4.98 Å². The molecule has 0 amide bonds. The fourth-order valence-corrected chi connectivity index (χ4v) is 2.51. The second-order valence-electron chi connectivity index (χ2n) is 3.93. The van der Waals surface area contributed by atoms with Gasteiger partial charge >= 0.3 is 0 Å². The fourth-order valence-electron chi connectivity index (χ4n) is 1.91. The van der Waals surface area contributed by atoms with E-state index in [9.17, 15) is 0 Å². The van der Waals surface area contributed by atoms with Gasteiger partial charge in [-0.1, -0.05) is 19.3 Å². The summed E-state index contributed by atoms with van der Waals surface area (Å²) in [5.74, 6) is 0. The lowest BCUT2D eigenvalue weighted by Gasteiger charge is -2.21. The molecule has 0 saturated heterocycles. The Labute approximate surface area is 89.3 Å². The Balaban J connectivity index is 1.76. The smallest absolute Gasteiger partial charge is 0.0900 e. The first kappa shape index (κ1) is 10.1. The van der Waals surface area contributed by atoms with E-state index in [4.69, 9.17) is 4.74 Å². The molecule has 2 nitrogen and oxygen atoms in total. The molecule has 14 heavy (non-hydrogen) atoms. The Bertz CT molecular complexity index is 279. The summed E-state index contributed by atoms with van der Waals surface area (Å²) in [7, 11) is 0. The van der Waals surface area contributed by atoms with E-state index in [1.807, 2.05) is 6.92 Å². The van der Waals surface area contributed by atoms with Crippen LogP contribution in [-0.4, -0.2) is 11.1 Å². The van der Waals surface area contributed by atoms with Crippen molar-refractivity contribution in [2.75, 3.05) is 0 Å². The van der Waals surface area contributed by atoms with Crippen LogP contribution in [0.25, 0.3) is 0 Å². The van der Waals surface area contributed by atoms with Gasteiger partial charge in [-0.2, -0.15) is 0 Å². The van der Waals surface area contributed by atoms with Gasteiger partial charge in [0.1, 0.15) is 0 Å². The van der Waals surface area contributed by atoms with Gasteiger partial charge in [0.25, 0.3) is 0 Å². The Morgan fingerprint density at radius 3 is 2.86 bits per heavy atom. The number of rotatable bonds is 3. The third kappa shape index (κ3) is 2.79. The lowest BCUT2D eigenvalue weighted by atomic mass is 9.98. The Morgan fingerprint density at radius 1 is 1.43 bits per heavy atom. The van der Waals surface area contributed by atoms with Gasteiger partial charge in [0.05, 0.1) is 23.4 Å². The van der Waals surface area contributed by atoms with Crippen molar-refractivity contribution in [3.05, 3.63) is 16.1 Å². The molecule has 1 heterocycles. The van der Waals surface area contributed by atoms with Gasteiger partial charge in [-0.05, 0) is 19.8 Å². The minimum atomic E-state index is 0.491. The van der Waals surface area contributed by atoms with Crippen LogP contribution in [0.1, 0.15) is 42.8 Å². The van der Waals surface area contributed by atoms with E-state index in [2.05, 4.69) is 10.4 Å². The first-order chi connectivity index (χ1) is 6.84. The number of aromatic nitrogens is 1. The SMILES string of the molecule is Cc1nc(COC2CCCCC2)cs1. The molecule has 0 N–H and O–H groups in total. The summed E-state index contributed by atoms with van der Waals surface area (Å²) in [6, 6.07) is 0. The first-order valence-electron chi connectivity index (χ1n) is 5.37. The zero-order chi connectivity index (χ0) is 9.80. The molecule has 0 bridgehead atoms. The molecule has 0 aromatic carbocycles. The highest BCUT2D eigenvalue weighted by atomic mass is 32.1. The van der Waals surface area contributed by atoms with E-state index in [-0.39, 0.29) is 0 Å². The fraction of sp³-hybridized carbons (Fsp3) is 0.727. The molecule has 1 aliphatic rings. The van der Waals surface area contributed by atoms with Crippen molar-refractivity contribution in [2.24, 2.45) is 0 Å². The van der Waals surface area contributed by atoms with Crippen molar-refractivity contribution >= 4 is 11.3 Å². The lowest BCUT2D eigenvalue weighted by Crippen LogP contribution is -2.16. The summed E-state index contributed by atoms with van der Waals surface area (Å²) in [6.07, 6.45) is 7.02. The zero-order valence-electron chi connectivity index (χ0n) is 8.66. The molecule has 0 aliphatic heterocycles. The predicted octanol–water partition coefficient (Wildman–Crippen LogP) is 3.30. The van der Waals surface area contributed by atoms with Crippen molar-refractivity contribution in [2.45, 2.75) is 51.7 Å². The standard InChI is InChI=1S/C11H17NOS/c1-9-12-10(8-14-9)7-13-11-5-3-2-4-6-11/h8,11H,2-7H2,1H3. The van der Waals surface area contributed by atoms with E-state index in [0.29, 0.717) is 12.7 Å². The number of thiazole rings is 1. The third-order valence-electron chi connectivity index (χ3n) is 2.69. The molecule has 0 unspecified atom stereocenters. The van der Waals surface area contributed by atoms with Crippen LogP contribution in [0.3, 0.4) is 0 Å². The minimum absolute atomic E-state index is 0.491. The van der Waals surface area contributed by atoms with Crippen LogP contribution >= 0.6 is 11.3 Å². The average Bonchev–Trinajstić information content (AvgIpc) is 2.63. The molecule has 1 saturated carbocycles. The number of aryl methyl sites for hydroxylation is 1. The minimum Gasteiger partial charge on any atom is -0.372 e. The van der Waals surface area contributed by atoms with Gasteiger partial charge in [0, 0.05) is 5.38 Å². The van der Waals surface area contributed by atoms with Crippen molar-refractivity contribution in [3.63, 3.8) is 0 Å². The molecule has 1 fully saturated rings. The van der Waals surface area contributed by atoms with Gasteiger partial charge in [0.2, 0.25) is 0 Å². The highest BCUT2D eigenvalue weighted by molar-refractivity contribution is 7.09. The van der Waals surface area contributed by atoms with E-state index in [1.54, 1.807) is 11.3 Å². The van der Waals surface area contributed by atoms with Crippen LogP contribution in [0.15, 0.2) is 5.38 Å². The van der Waals surface area contributed by atoms with Gasteiger partial charge < -0.3 is 4.74 Å².